The molecule has 0 spiro atoms. The fourth-order valence-corrected chi connectivity index (χ4v) is 4.22. The number of aliphatic hydroxyl groups excluding tert-OH is 5. The number of allylic oxidation sites excluding steroid dienone is 1. The quantitative estimate of drug-likeness (QED) is 0.132. The molecular weight excluding hydrogens is 524 g/mol. The summed E-state index contributed by atoms with van der Waals surface area (Å²) < 4.78 is 26.3. The fraction of sp³-hybridized carbons (Fsp3) is 0.560. The van der Waals surface area contributed by atoms with Gasteiger partial charge in [0.25, 0.3) is 0 Å². The van der Waals surface area contributed by atoms with Crippen LogP contribution in [0.25, 0.3) is 0 Å². The zero-order valence-electron chi connectivity index (χ0n) is 21.0. The molecule has 1 aliphatic carbocycles. The number of hydrogen-bond donors (Lipinski definition) is 6. The minimum atomic E-state index is -1.82. The van der Waals surface area contributed by atoms with Gasteiger partial charge in [-0.2, -0.15) is 0 Å². The molecule has 8 unspecified atom stereocenters. The Morgan fingerprint density at radius 1 is 1.13 bits per heavy atom. The normalized spacial score (nSPS) is 33.5. The first-order valence-electron chi connectivity index (χ1n) is 12.1. The summed E-state index contributed by atoms with van der Waals surface area (Å²) in [4.78, 5) is 36.7. The van der Waals surface area contributed by atoms with Crippen LogP contribution in [0.5, 0.6) is 0 Å². The lowest BCUT2D eigenvalue weighted by Crippen LogP contribution is -2.60. The Bertz CT molecular complexity index is 1030. The van der Waals surface area contributed by atoms with E-state index in [2.05, 4.69) is 0 Å². The standard InChI is InChI=1S/C25H32O14/c1-35-23(34)16-11-37-24(39-25-22(33)21(32)20(31)17(10-26)38-25)15(14(16)8-18(28)29)9-19(30)36-7-6-12-2-4-13(27)5-3-12/h2-4,9,11,13-14,17,20-22,24-27,31-33H,5-8,10H2,1H3,(H,28,29)/b15-9-. The number of carbonyl (C=O) groups excluding carboxylic acids is 2. The van der Waals surface area contributed by atoms with E-state index >= 15 is 0 Å². The van der Waals surface area contributed by atoms with Crippen LogP contribution in [0.4, 0.5) is 0 Å². The van der Waals surface area contributed by atoms with Crippen LogP contribution in [0.15, 0.2) is 47.3 Å². The number of rotatable bonds is 10. The number of methoxy groups -OCH3 is 1. The van der Waals surface area contributed by atoms with Crippen molar-refractivity contribution in [2.24, 2.45) is 5.92 Å². The van der Waals surface area contributed by atoms with Crippen molar-refractivity contribution in [1.82, 2.24) is 0 Å². The van der Waals surface area contributed by atoms with Gasteiger partial charge in [-0.3, -0.25) is 4.79 Å². The van der Waals surface area contributed by atoms with Crippen LogP contribution in [0, 0.1) is 5.92 Å². The monoisotopic (exact) mass is 556 g/mol. The van der Waals surface area contributed by atoms with E-state index in [9.17, 15) is 45.0 Å². The van der Waals surface area contributed by atoms with Gasteiger partial charge in [0.2, 0.25) is 6.29 Å². The summed E-state index contributed by atoms with van der Waals surface area (Å²) in [5.74, 6) is -4.46. The Balaban J connectivity index is 1.84. The smallest absolute Gasteiger partial charge is 0.337 e. The third-order valence-electron chi connectivity index (χ3n) is 6.35. The van der Waals surface area contributed by atoms with Crippen molar-refractivity contribution < 1.29 is 68.7 Å². The van der Waals surface area contributed by atoms with Crippen LogP contribution in [0.3, 0.4) is 0 Å². The van der Waals surface area contributed by atoms with E-state index in [1.807, 2.05) is 0 Å². The first kappa shape index (κ1) is 30.4. The molecule has 0 bridgehead atoms. The van der Waals surface area contributed by atoms with Crippen molar-refractivity contribution in [1.29, 1.82) is 0 Å². The van der Waals surface area contributed by atoms with E-state index in [1.54, 1.807) is 18.2 Å². The molecule has 2 heterocycles. The van der Waals surface area contributed by atoms with Gasteiger partial charge in [0, 0.05) is 24.0 Å². The molecule has 14 nitrogen and oxygen atoms in total. The van der Waals surface area contributed by atoms with Gasteiger partial charge in [-0.15, -0.1) is 0 Å². The van der Waals surface area contributed by atoms with Gasteiger partial charge < -0.3 is 54.3 Å². The zero-order chi connectivity index (χ0) is 28.7. The van der Waals surface area contributed by atoms with Crippen molar-refractivity contribution in [3.63, 3.8) is 0 Å². The molecule has 3 rings (SSSR count). The summed E-state index contributed by atoms with van der Waals surface area (Å²) in [6, 6.07) is 0. The second-order valence-corrected chi connectivity index (χ2v) is 9.02. The van der Waals surface area contributed by atoms with E-state index < -0.39 is 80.0 Å². The van der Waals surface area contributed by atoms with E-state index in [0.29, 0.717) is 12.8 Å². The Kier molecular flexibility index (Phi) is 10.8. The average molecular weight is 557 g/mol. The van der Waals surface area contributed by atoms with Crippen LogP contribution in [-0.4, -0.2) is 112 Å². The van der Waals surface area contributed by atoms with Crippen molar-refractivity contribution >= 4 is 17.9 Å². The molecule has 8 atom stereocenters. The largest absolute Gasteiger partial charge is 0.481 e. The number of esters is 2. The van der Waals surface area contributed by atoms with Gasteiger partial charge in [0.1, 0.15) is 24.4 Å². The molecule has 0 aromatic rings. The maximum atomic E-state index is 12.7. The first-order chi connectivity index (χ1) is 18.5. The molecular formula is C25H32O14. The SMILES string of the molecule is COC(=O)C1=COC(OC2OC(CO)C(O)C(O)C2O)/C(=C\C(=O)OCCC2=CCC(O)C=C2)C1CC(=O)O. The highest BCUT2D eigenvalue weighted by molar-refractivity contribution is 5.91. The number of aliphatic carboxylic acids is 1. The van der Waals surface area contributed by atoms with Crippen LogP contribution in [0.1, 0.15) is 19.3 Å². The topological polar surface area (TPSA) is 219 Å². The number of ether oxygens (including phenoxy) is 5. The molecule has 216 valence electrons. The Hall–Kier alpha value is -3.11. The Morgan fingerprint density at radius 2 is 1.87 bits per heavy atom. The molecule has 2 aliphatic heterocycles. The predicted molar refractivity (Wildman–Crippen MR) is 127 cm³/mol. The maximum absolute atomic E-state index is 12.7. The molecule has 1 fully saturated rings. The predicted octanol–water partition coefficient (Wildman–Crippen LogP) is -1.59. The third kappa shape index (κ3) is 7.73. The van der Waals surface area contributed by atoms with Gasteiger partial charge in [-0.1, -0.05) is 18.2 Å². The third-order valence-corrected chi connectivity index (χ3v) is 6.35. The number of carbonyl (C=O) groups is 3. The summed E-state index contributed by atoms with van der Waals surface area (Å²) in [6.07, 6.45) is -3.46. The average Bonchev–Trinajstić information content (AvgIpc) is 2.91. The highest BCUT2D eigenvalue weighted by atomic mass is 16.8. The number of hydrogen-bond acceptors (Lipinski definition) is 13. The number of aliphatic hydroxyl groups is 5. The van der Waals surface area contributed by atoms with E-state index in [4.69, 9.17) is 23.7 Å². The zero-order valence-corrected chi connectivity index (χ0v) is 21.0. The molecule has 0 saturated carbocycles. The van der Waals surface area contributed by atoms with Crippen LogP contribution < -0.4 is 0 Å². The lowest BCUT2D eigenvalue weighted by molar-refractivity contribution is -0.327. The van der Waals surface area contributed by atoms with E-state index in [1.165, 1.54) is 0 Å². The second kappa shape index (κ2) is 13.8. The van der Waals surface area contributed by atoms with Crippen LogP contribution >= 0.6 is 0 Å². The lowest BCUT2D eigenvalue weighted by Gasteiger charge is -2.41. The summed E-state index contributed by atoms with van der Waals surface area (Å²) in [7, 11) is 1.07. The van der Waals surface area contributed by atoms with Gasteiger partial charge in [0.05, 0.1) is 44.7 Å². The van der Waals surface area contributed by atoms with Gasteiger partial charge in [-0.05, 0) is 12.0 Å². The molecule has 1 saturated heterocycles. The number of carboxylic acid groups (broad SMARTS) is 1. The summed E-state index contributed by atoms with van der Waals surface area (Å²) in [5.41, 5.74) is 0.427. The van der Waals surface area contributed by atoms with Gasteiger partial charge in [-0.25, -0.2) is 9.59 Å². The molecule has 3 aliphatic rings. The van der Waals surface area contributed by atoms with E-state index in [0.717, 1.165) is 25.0 Å². The lowest BCUT2D eigenvalue weighted by atomic mass is 9.86. The summed E-state index contributed by atoms with van der Waals surface area (Å²) >= 11 is 0. The summed E-state index contributed by atoms with van der Waals surface area (Å²) in [5, 5.41) is 58.9. The van der Waals surface area contributed by atoms with Gasteiger partial charge >= 0.3 is 17.9 Å². The second-order valence-electron chi connectivity index (χ2n) is 9.02. The maximum Gasteiger partial charge on any atom is 0.337 e. The summed E-state index contributed by atoms with van der Waals surface area (Å²) in [6.45, 7) is -0.790. The molecule has 39 heavy (non-hydrogen) atoms. The van der Waals surface area contributed by atoms with Crippen molar-refractivity contribution in [3.05, 3.63) is 47.3 Å². The van der Waals surface area contributed by atoms with Gasteiger partial charge in [0.15, 0.2) is 6.29 Å². The highest BCUT2D eigenvalue weighted by Crippen LogP contribution is 2.36. The molecule has 0 radical (unpaired) electrons. The molecule has 0 amide bonds. The van der Waals surface area contributed by atoms with E-state index in [-0.39, 0.29) is 17.8 Å². The molecule has 0 aromatic heterocycles. The minimum Gasteiger partial charge on any atom is -0.481 e. The Morgan fingerprint density at radius 3 is 2.49 bits per heavy atom. The van der Waals surface area contributed by atoms with Crippen molar-refractivity contribution in [3.8, 4) is 0 Å². The van der Waals surface area contributed by atoms with Crippen LogP contribution in [0.2, 0.25) is 0 Å². The highest BCUT2D eigenvalue weighted by Gasteiger charge is 2.47. The minimum absolute atomic E-state index is 0.0583. The molecule has 14 heteroatoms. The fourth-order valence-electron chi connectivity index (χ4n) is 4.22. The molecule has 0 aromatic carbocycles. The van der Waals surface area contributed by atoms with Crippen molar-refractivity contribution in [2.75, 3.05) is 20.3 Å². The van der Waals surface area contributed by atoms with Crippen LogP contribution in [-0.2, 0) is 38.1 Å². The molecule has 6 N–H and O–H groups in total. The van der Waals surface area contributed by atoms with Crippen molar-refractivity contribution in [2.45, 2.75) is 62.4 Å². The number of carboxylic acids is 1. The first-order valence-corrected chi connectivity index (χ1v) is 12.1. The Labute approximate surface area is 223 Å².